The summed E-state index contributed by atoms with van der Waals surface area (Å²) < 4.78 is 59.4. The monoisotopic (exact) mass is 449 g/mol. The van der Waals surface area contributed by atoms with Crippen LogP contribution in [0.1, 0.15) is 34.5 Å². The number of pyridine rings is 1. The van der Waals surface area contributed by atoms with Gasteiger partial charge in [0, 0.05) is 24.0 Å². The molecule has 0 saturated carbocycles. The lowest BCUT2D eigenvalue weighted by Crippen LogP contribution is -2.29. The Labute approximate surface area is 180 Å². The molecule has 3 aromatic rings. The lowest BCUT2D eigenvalue weighted by Gasteiger charge is -2.18. The molecule has 0 radical (unpaired) electrons. The van der Waals surface area contributed by atoms with Gasteiger partial charge in [-0.3, -0.25) is 14.2 Å². The molecule has 10 heteroatoms. The first-order chi connectivity index (χ1) is 15.0. The van der Waals surface area contributed by atoms with Crippen LogP contribution in [0.25, 0.3) is 5.69 Å². The van der Waals surface area contributed by atoms with Gasteiger partial charge in [0.05, 0.1) is 30.0 Å². The number of methoxy groups -OCH3 is 1. The second-order valence-corrected chi connectivity index (χ2v) is 7.02. The van der Waals surface area contributed by atoms with E-state index in [-0.39, 0.29) is 28.3 Å². The zero-order valence-electron chi connectivity index (χ0n) is 17.0. The molecule has 0 aliphatic carbocycles. The second kappa shape index (κ2) is 8.74. The van der Waals surface area contributed by atoms with Crippen molar-refractivity contribution in [1.29, 1.82) is 0 Å². The van der Waals surface area contributed by atoms with Crippen molar-refractivity contribution in [2.75, 3.05) is 12.8 Å². The van der Waals surface area contributed by atoms with Gasteiger partial charge in [0.1, 0.15) is 5.75 Å². The summed E-state index contributed by atoms with van der Waals surface area (Å²) >= 11 is 0. The molecule has 0 bridgehead atoms. The predicted octanol–water partition coefficient (Wildman–Crippen LogP) is 4.08. The first-order valence-electron chi connectivity index (χ1n) is 9.34. The van der Waals surface area contributed by atoms with Gasteiger partial charge < -0.3 is 15.8 Å². The minimum Gasteiger partial charge on any atom is -0.497 e. The topological polar surface area (TPSA) is 86.3 Å². The van der Waals surface area contributed by atoms with E-state index in [1.165, 1.54) is 38.3 Å². The highest BCUT2D eigenvalue weighted by molar-refractivity contribution is 5.94. The van der Waals surface area contributed by atoms with Gasteiger partial charge in [-0.1, -0.05) is 0 Å². The van der Waals surface area contributed by atoms with Crippen LogP contribution < -0.4 is 21.3 Å². The molecule has 32 heavy (non-hydrogen) atoms. The van der Waals surface area contributed by atoms with E-state index in [1.807, 2.05) is 0 Å². The van der Waals surface area contributed by atoms with Crippen molar-refractivity contribution in [3.63, 3.8) is 0 Å². The Hall–Kier alpha value is -3.82. The maximum absolute atomic E-state index is 14.4. The quantitative estimate of drug-likeness (QED) is 0.454. The lowest BCUT2D eigenvalue weighted by molar-refractivity contribution is -0.137. The number of amides is 1. The Morgan fingerprint density at radius 1 is 1.12 bits per heavy atom. The highest BCUT2D eigenvalue weighted by Crippen LogP contribution is 2.32. The maximum Gasteiger partial charge on any atom is 0.416 e. The third-order valence-corrected chi connectivity index (χ3v) is 4.74. The third-order valence-electron chi connectivity index (χ3n) is 4.74. The van der Waals surface area contributed by atoms with Gasteiger partial charge >= 0.3 is 6.18 Å². The highest BCUT2D eigenvalue weighted by Gasteiger charge is 2.31. The number of nitrogen functional groups attached to an aromatic ring is 1. The summed E-state index contributed by atoms with van der Waals surface area (Å²) in [6.45, 7) is 1.49. The summed E-state index contributed by atoms with van der Waals surface area (Å²) in [6.07, 6.45) is -3.44. The number of benzene rings is 2. The molecule has 6 nitrogen and oxygen atoms in total. The number of anilines is 1. The fourth-order valence-corrected chi connectivity index (χ4v) is 3.07. The minimum absolute atomic E-state index is 0.00613. The number of nitrogens with two attached hydrogens (primary N) is 1. The van der Waals surface area contributed by atoms with Crippen LogP contribution >= 0.6 is 0 Å². The largest absolute Gasteiger partial charge is 0.497 e. The van der Waals surface area contributed by atoms with Crippen LogP contribution in [-0.2, 0) is 6.18 Å². The summed E-state index contributed by atoms with van der Waals surface area (Å²) in [6, 6.07) is 8.40. The van der Waals surface area contributed by atoms with Gasteiger partial charge in [-0.2, -0.15) is 13.2 Å². The van der Waals surface area contributed by atoms with Crippen LogP contribution in [0.4, 0.5) is 23.2 Å². The molecule has 1 heterocycles. The van der Waals surface area contributed by atoms with E-state index >= 15 is 0 Å². The first-order valence-corrected chi connectivity index (χ1v) is 9.34. The van der Waals surface area contributed by atoms with E-state index in [0.29, 0.717) is 0 Å². The van der Waals surface area contributed by atoms with Crippen LogP contribution in [0.15, 0.2) is 59.5 Å². The Morgan fingerprint density at radius 3 is 2.47 bits per heavy atom. The Morgan fingerprint density at radius 2 is 1.84 bits per heavy atom. The Kier molecular flexibility index (Phi) is 6.24. The van der Waals surface area contributed by atoms with Gasteiger partial charge in [0.25, 0.3) is 11.5 Å². The average Bonchev–Trinajstić information content (AvgIpc) is 2.73. The predicted molar refractivity (Wildman–Crippen MR) is 110 cm³/mol. The zero-order valence-corrected chi connectivity index (χ0v) is 17.0. The number of rotatable bonds is 5. The van der Waals surface area contributed by atoms with E-state index in [1.54, 1.807) is 0 Å². The second-order valence-electron chi connectivity index (χ2n) is 7.02. The lowest BCUT2D eigenvalue weighted by atomic mass is 10.0. The van der Waals surface area contributed by atoms with Crippen molar-refractivity contribution in [3.8, 4) is 11.4 Å². The first kappa shape index (κ1) is 22.9. The van der Waals surface area contributed by atoms with Crippen molar-refractivity contribution in [1.82, 2.24) is 9.88 Å². The molecule has 3 N–H and O–H groups in total. The standard InChI is InChI=1S/C22H19F4N3O3/c1-12(14-7-15(22(24,25)26)9-16(27)8-14)28-21(31)13-3-6-20(30)29(11-13)19-5-4-17(32-2)10-18(19)23/h3-12H,27H2,1-2H3,(H,28,31)/t12-/m1/s1. The summed E-state index contributed by atoms with van der Waals surface area (Å²) in [5, 5.41) is 2.56. The zero-order chi connectivity index (χ0) is 23.6. The smallest absolute Gasteiger partial charge is 0.416 e. The molecule has 1 aromatic heterocycles. The number of carbonyl (C=O) groups excluding carboxylic acids is 1. The summed E-state index contributed by atoms with van der Waals surface area (Å²) in [4.78, 5) is 24.9. The summed E-state index contributed by atoms with van der Waals surface area (Å²) in [5.41, 5.74) is 4.03. The van der Waals surface area contributed by atoms with Gasteiger partial charge in [-0.05, 0) is 48.9 Å². The summed E-state index contributed by atoms with van der Waals surface area (Å²) in [7, 11) is 1.37. The molecule has 0 aliphatic rings. The van der Waals surface area contributed by atoms with Crippen LogP contribution in [0.3, 0.4) is 0 Å². The van der Waals surface area contributed by atoms with Crippen molar-refractivity contribution in [2.24, 2.45) is 0 Å². The molecule has 1 amide bonds. The van der Waals surface area contributed by atoms with E-state index in [2.05, 4.69) is 5.32 Å². The molecule has 0 spiro atoms. The molecule has 1 atom stereocenters. The minimum atomic E-state index is -4.59. The molecule has 168 valence electrons. The fraction of sp³-hybridized carbons (Fsp3) is 0.182. The molecule has 2 aromatic carbocycles. The molecule has 3 rings (SSSR count). The van der Waals surface area contributed by atoms with Crippen molar-refractivity contribution < 1.29 is 27.1 Å². The molecule has 0 fully saturated rings. The highest BCUT2D eigenvalue weighted by atomic mass is 19.4. The number of hydrogen-bond donors (Lipinski definition) is 2. The van der Waals surface area contributed by atoms with Crippen molar-refractivity contribution >= 4 is 11.6 Å². The number of alkyl halides is 3. The van der Waals surface area contributed by atoms with Crippen molar-refractivity contribution in [2.45, 2.75) is 19.1 Å². The number of carbonyl (C=O) groups is 1. The van der Waals surface area contributed by atoms with Crippen LogP contribution in [0, 0.1) is 5.82 Å². The molecule has 0 unspecified atom stereocenters. The third kappa shape index (κ3) is 4.90. The van der Waals surface area contributed by atoms with Crippen LogP contribution in [0.5, 0.6) is 5.75 Å². The Bertz CT molecular complexity index is 1220. The van der Waals surface area contributed by atoms with Gasteiger partial charge in [0.15, 0.2) is 5.82 Å². The van der Waals surface area contributed by atoms with Crippen LogP contribution in [-0.4, -0.2) is 17.6 Å². The van der Waals surface area contributed by atoms with E-state index in [9.17, 15) is 27.2 Å². The Balaban J connectivity index is 1.89. The molecule has 0 saturated heterocycles. The van der Waals surface area contributed by atoms with Gasteiger partial charge in [0.2, 0.25) is 0 Å². The normalized spacial score (nSPS) is 12.3. The molecule has 0 aliphatic heterocycles. The van der Waals surface area contributed by atoms with E-state index in [4.69, 9.17) is 10.5 Å². The van der Waals surface area contributed by atoms with E-state index in [0.717, 1.165) is 35.0 Å². The number of hydrogen-bond acceptors (Lipinski definition) is 4. The van der Waals surface area contributed by atoms with Crippen molar-refractivity contribution in [3.05, 3.63) is 87.6 Å². The summed E-state index contributed by atoms with van der Waals surface area (Å²) in [5.74, 6) is -1.16. The van der Waals surface area contributed by atoms with Gasteiger partial charge in [-0.25, -0.2) is 4.39 Å². The maximum atomic E-state index is 14.4. The van der Waals surface area contributed by atoms with E-state index < -0.39 is 35.1 Å². The SMILES string of the molecule is COc1ccc(-n2cc(C(=O)N[C@H](C)c3cc(N)cc(C(F)(F)F)c3)ccc2=O)c(F)c1. The number of nitrogens with one attached hydrogen (secondary N) is 1. The fourth-order valence-electron chi connectivity index (χ4n) is 3.07. The number of aromatic nitrogens is 1. The van der Waals surface area contributed by atoms with Gasteiger partial charge in [-0.15, -0.1) is 0 Å². The molecular weight excluding hydrogens is 430 g/mol. The molecular formula is C22H19F4N3O3. The number of ether oxygens (including phenoxy) is 1. The van der Waals surface area contributed by atoms with Crippen LogP contribution in [0.2, 0.25) is 0 Å². The number of halogens is 4. The average molecular weight is 449 g/mol. The number of nitrogens with zero attached hydrogens (tertiary/aromatic N) is 1.